The molecule has 3 N–H and O–H groups in total. The van der Waals surface area contributed by atoms with Gasteiger partial charge in [-0.1, -0.05) is 304 Å². The molecular weight excluding hydrogens is 1160 g/mol. The highest BCUT2D eigenvalue weighted by atomic mass is 31.2. The average molecular weight is 1300 g/mol. The van der Waals surface area contributed by atoms with Crippen LogP contribution in [0.15, 0.2) is 0 Å². The Labute approximate surface area is 537 Å². The van der Waals surface area contributed by atoms with Gasteiger partial charge in [0.15, 0.2) is 12.2 Å². The van der Waals surface area contributed by atoms with Crippen LogP contribution in [0.2, 0.25) is 0 Å². The number of hydrogen-bond donors (Lipinski definition) is 3. The first-order valence-electron chi connectivity index (χ1n) is 36.1. The molecule has 0 aliphatic carbocycles. The first kappa shape index (κ1) is 86.1. The van der Waals surface area contributed by atoms with Gasteiger partial charge < -0.3 is 33.8 Å². The Morgan fingerprint density at radius 1 is 0.307 bits per heavy atom. The Balaban J connectivity index is 5.21. The average Bonchev–Trinajstić information content (AvgIpc) is 3.65. The zero-order chi connectivity index (χ0) is 64.9. The number of hydrogen-bond acceptors (Lipinski definition) is 15. The van der Waals surface area contributed by atoms with E-state index in [1.807, 2.05) is 0 Å². The van der Waals surface area contributed by atoms with Crippen molar-refractivity contribution in [2.75, 3.05) is 39.6 Å². The van der Waals surface area contributed by atoms with Crippen LogP contribution < -0.4 is 0 Å². The van der Waals surface area contributed by atoms with Crippen molar-refractivity contribution >= 4 is 39.5 Å². The number of unbranched alkanes of at least 4 members (excludes halogenated alkanes) is 41. The first-order valence-corrected chi connectivity index (χ1v) is 39.1. The lowest BCUT2D eigenvalue weighted by Gasteiger charge is -2.21. The summed E-state index contributed by atoms with van der Waals surface area (Å²) in [7, 11) is -9.89. The number of aliphatic hydroxyl groups is 1. The van der Waals surface area contributed by atoms with Gasteiger partial charge in [-0.05, 0) is 31.6 Å². The van der Waals surface area contributed by atoms with Crippen molar-refractivity contribution in [2.45, 2.75) is 374 Å². The van der Waals surface area contributed by atoms with Crippen molar-refractivity contribution in [3.8, 4) is 0 Å². The van der Waals surface area contributed by atoms with E-state index in [1.165, 1.54) is 167 Å². The van der Waals surface area contributed by atoms with E-state index in [-0.39, 0.29) is 25.7 Å². The van der Waals surface area contributed by atoms with Crippen LogP contribution in [0.25, 0.3) is 0 Å². The highest BCUT2D eigenvalue weighted by molar-refractivity contribution is 7.47. The Morgan fingerprint density at radius 2 is 0.523 bits per heavy atom. The van der Waals surface area contributed by atoms with Crippen LogP contribution in [0.1, 0.15) is 356 Å². The molecule has 0 rings (SSSR count). The zero-order valence-electron chi connectivity index (χ0n) is 56.9. The molecule has 0 radical (unpaired) electrons. The van der Waals surface area contributed by atoms with E-state index in [4.69, 9.17) is 37.0 Å². The number of esters is 4. The van der Waals surface area contributed by atoms with Gasteiger partial charge in [0, 0.05) is 25.7 Å². The van der Waals surface area contributed by atoms with Crippen LogP contribution in [0.3, 0.4) is 0 Å². The number of phosphoric ester groups is 2. The molecule has 88 heavy (non-hydrogen) atoms. The number of phosphoric acid groups is 2. The fraction of sp³-hybridized carbons (Fsp3) is 0.942. The summed E-state index contributed by atoms with van der Waals surface area (Å²) in [5.41, 5.74) is 0. The van der Waals surface area contributed by atoms with Crippen LogP contribution in [-0.4, -0.2) is 96.7 Å². The van der Waals surface area contributed by atoms with Crippen molar-refractivity contribution in [1.82, 2.24) is 0 Å². The zero-order valence-corrected chi connectivity index (χ0v) is 58.6. The minimum atomic E-state index is -4.95. The molecule has 0 aromatic rings. The molecular formula is C69H134O17P2. The molecule has 0 aliphatic heterocycles. The van der Waals surface area contributed by atoms with E-state index < -0.39 is 97.5 Å². The second-order valence-corrected chi connectivity index (χ2v) is 28.3. The van der Waals surface area contributed by atoms with Crippen molar-refractivity contribution in [3.05, 3.63) is 0 Å². The molecule has 2 unspecified atom stereocenters. The minimum absolute atomic E-state index is 0.107. The van der Waals surface area contributed by atoms with Crippen LogP contribution in [0, 0.1) is 5.92 Å². The summed E-state index contributed by atoms with van der Waals surface area (Å²) < 4.78 is 68.2. The van der Waals surface area contributed by atoms with Gasteiger partial charge in [0.1, 0.15) is 19.3 Å². The van der Waals surface area contributed by atoms with Gasteiger partial charge >= 0.3 is 39.5 Å². The van der Waals surface area contributed by atoms with E-state index >= 15 is 0 Å². The van der Waals surface area contributed by atoms with Crippen LogP contribution >= 0.6 is 15.6 Å². The van der Waals surface area contributed by atoms with Gasteiger partial charge in [0.2, 0.25) is 0 Å². The third-order valence-corrected chi connectivity index (χ3v) is 17.9. The third kappa shape index (κ3) is 62.8. The van der Waals surface area contributed by atoms with Gasteiger partial charge in [-0.2, -0.15) is 0 Å². The van der Waals surface area contributed by atoms with Crippen molar-refractivity contribution in [1.29, 1.82) is 0 Å². The normalized spacial score (nSPS) is 14.1. The standard InChI is InChI=1S/C69H134O17P2/c1-6-9-12-15-18-20-22-24-25-26-27-29-35-40-45-50-55-69(74)86-65(59-80-67(72)53-48-43-38-33-31-30-32-37-41-46-51-62(4)5)61-84-88(77,78)82-57-63(70)56-81-87(75,76)83-60-64(58-79-66(71)52-47-42-36-17-14-11-8-3)85-68(73)54-49-44-39-34-28-23-21-19-16-13-10-7-2/h62-65,70H,6-61H2,1-5H3,(H,75,76)(H,77,78)/t63-,64+,65+/m0/s1. The van der Waals surface area contributed by atoms with E-state index in [9.17, 15) is 43.2 Å². The maximum Gasteiger partial charge on any atom is 0.472 e. The first-order chi connectivity index (χ1) is 42.5. The minimum Gasteiger partial charge on any atom is -0.462 e. The highest BCUT2D eigenvalue weighted by Crippen LogP contribution is 2.45. The maximum atomic E-state index is 13.0. The van der Waals surface area contributed by atoms with E-state index in [0.29, 0.717) is 25.7 Å². The number of rotatable bonds is 69. The molecule has 0 bridgehead atoms. The molecule has 0 saturated carbocycles. The van der Waals surface area contributed by atoms with E-state index in [1.54, 1.807) is 0 Å². The summed E-state index contributed by atoms with van der Waals surface area (Å²) in [6.07, 6.45) is 48.6. The predicted molar refractivity (Wildman–Crippen MR) is 354 cm³/mol. The van der Waals surface area contributed by atoms with Crippen LogP contribution in [0.4, 0.5) is 0 Å². The molecule has 19 heteroatoms. The second-order valence-electron chi connectivity index (χ2n) is 25.4. The molecule has 5 atom stereocenters. The molecule has 0 aromatic carbocycles. The highest BCUT2D eigenvalue weighted by Gasteiger charge is 2.30. The third-order valence-electron chi connectivity index (χ3n) is 16.0. The van der Waals surface area contributed by atoms with Gasteiger partial charge in [-0.15, -0.1) is 0 Å². The van der Waals surface area contributed by atoms with Crippen molar-refractivity contribution in [2.24, 2.45) is 5.92 Å². The summed E-state index contributed by atoms with van der Waals surface area (Å²) in [6.45, 7) is 7.20. The number of ether oxygens (including phenoxy) is 4. The van der Waals surface area contributed by atoms with E-state index in [0.717, 1.165) is 109 Å². The molecule has 0 aromatic heterocycles. The summed E-state index contributed by atoms with van der Waals surface area (Å²) in [5, 5.41) is 10.6. The second kappa shape index (κ2) is 62.5. The van der Waals surface area contributed by atoms with Gasteiger partial charge in [0.05, 0.1) is 26.4 Å². The Bertz CT molecular complexity index is 1700. The monoisotopic (exact) mass is 1300 g/mol. The summed E-state index contributed by atoms with van der Waals surface area (Å²) in [5.74, 6) is -1.37. The Morgan fingerprint density at radius 3 is 0.773 bits per heavy atom. The van der Waals surface area contributed by atoms with Gasteiger partial charge in [-0.3, -0.25) is 37.3 Å². The molecule has 522 valence electrons. The van der Waals surface area contributed by atoms with Crippen molar-refractivity contribution < 1.29 is 80.2 Å². The molecule has 0 aliphatic rings. The fourth-order valence-corrected chi connectivity index (χ4v) is 12.0. The Hall–Kier alpha value is -1.94. The largest absolute Gasteiger partial charge is 0.472 e. The molecule has 17 nitrogen and oxygen atoms in total. The molecule has 0 heterocycles. The Kier molecular flexibility index (Phi) is 61.1. The lowest BCUT2D eigenvalue weighted by molar-refractivity contribution is -0.161. The lowest BCUT2D eigenvalue weighted by Crippen LogP contribution is -2.30. The summed E-state index contributed by atoms with van der Waals surface area (Å²) in [4.78, 5) is 72.4. The van der Waals surface area contributed by atoms with E-state index in [2.05, 4.69) is 34.6 Å². The quantitative estimate of drug-likeness (QED) is 0.0222. The predicted octanol–water partition coefficient (Wildman–Crippen LogP) is 19.7. The summed E-state index contributed by atoms with van der Waals surface area (Å²) >= 11 is 0. The van der Waals surface area contributed by atoms with Crippen molar-refractivity contribution in [3.63, 3.8) is 0 Å². The molecule has 0 amide bonds. The van der Waals surface area contributed by atoms with Crippen LogP contribution in [-0.2, 0) is 65.4 Å². The van der Waals surface area contributed by atoms with Gasteiger partial charge in [0.25, 0.3) is 0 Å². The smallest absolute Gasteiger partial charge is 0.462 e. The number of carbonyl (C=O) groups is 4. The lowest BCUT2D eigenvalue weighted by atomic mass is 10.0. The number of aliphatic hydroxyl groups excluding tert-OH is 1. The molecule has 0 saturated heterocycles. The topological polar surface area (TPSA) is 237 Å². The summed E-state index contributed by atoms with van der Waals surface area (Å²) in [6, 6.07) is 0. The molecule has 0 fully saturated rings. The molecule has 0 spiro atoms. The number of carbonyl (C=O) groups excluding carboxylic acids is 4. The SMILES string of the molecule is CCCCCCCCCCCCCCCCCCC(=O)O[C@H](COC(=O)CCCCCCCCCCCCC(C)C)COP(=O)(O)OC[C@@H](O)COP(=O)(O)OC[C@@H](COC(=O)CCCCCCCCC)OC(=O)CCCCCCCCCCCCCC. The van der Waals surface area contributed by atoms with Gasteiger partial charge in [-0.25, -0.2) is 9.13 Å². The fourth-order valence-electron chi connectivity index (χ4n) is 10.5. The maximum absolute atomic E-state index is 13.0. The van der Waals surface area contributed by atoms with Crippen LogP contribution in [0.5, 0.6) is 0 Å².